The topological polar surface area (TPSA) is 49.9 Å². The van der Waals surface area contributed by atoms with E-state index in [4.69, 9.17) is 4.74 Å². The quantitative estimate of drug-likeness (QED) is 0.270. The Kier molecular flexibility index (Phi) is 7.13. The van der Waals surface area contributed by atoms with Gasteiger partial charge in [0.25, 0.3) is 7.44 Å². The van der Waals surface area contributed by atoms with Gasteiger partial charge in [0.05, 0.1) is 5.66 Å². The Balaban J connectivity index is 1.78. The lowest BCUT2D eigenvalue weighted by molar-refractivity contribution is -0.154. The molecule has 0 saturated carbocycles. The summed E-state index contributed by atoms with van der Waals surface area (Å²) in [6.07, 6.45) is 0.634. The average Bonchev–Trinajstić information content (AvgIpc) is 3.17. The monoisotopic (exact) mass is 476 g/mol. The molecule has 178 valence electrons. The van der Waals surface area contributed by atoms with Crippen LogP contribution in [0.5, 0.6) is 0 Å². The lowest BCUT2D eigenvalue weighted by Crippen LogP contribution is -2.26. The molecule has 0 radical (unpaired) electrons. The standard InChI is InChI=1S/C28H33N2O3P/c1-28(2,3)33-27(31)20-19-26(23-13-7-4-8-14-23)34(32)29(24-15-9-5-10-16-24)21-22-30(34)25-17-11-6-12-18-25/h4-18,26H,19-22H2,1-3H3. The van der Waals surface area contributed by atoms with Gasteiger partial charge >= 0.3 is 5.97 Å². The zero-order valence-corrected chi connectivity index (χ0v) is 21.0. The van der Waals surface area contributed by atoms with Gasteiger partial charge in [-0.15, -0.1) is 0 Å². The molecule has 3 aromatic rings. The van der Waals surface area contributed by atoms with Crippen molar-refractivity contribution in [3.8, 4) is 0 Å². The minimum Gasteiger partial charge on any atom is -0.460 e. The smallest absolute Gasteiger partial charge is 0.306 e. The zero-order chi connectivity index (χ0) is 24.2. The summed E-state index contributed by atoms with van der Waals surface area (Å²) in [4.78, 5) is 12.7. The average molecular weight is 477 g/mol. The first kappa shape index (κ1) is 24.1. The second kappa shape index (κ2) is 10.1. The van der Waals surface area contributed by atoms with Crippen LogP contribution in [0.25, 0.3) is 0 Å². The second-order valence-corrected chi connectivity index (χ2v) is 12.3. The van der Waals surface area contributed by atoms with Crippen LogP contribution in [0.3, 0.4) is 0 Å². The number of para-hydroxylation sites is 2. The van der Waals surface area contributed by atoms with E-state index in [1.165, 1.54) is 0 Å². The SMILES string of the molecule is CC(C)(C)OC(=O)CCC(c1ccccc1)P1(=O)N(c2ccccc2)CCN1c1ccccc1. The van der Waals surface area contributed by atoms with Gasteiger partial charge < -0.3 is 14.1 Å². The van der Waals surface area contributed by atoms with Gasteiger partial charge in [-0.2, -0.15) is 0 Å². The number of ether oxygens (including phenoxy) is 1. The second-order valence-electron chi connectivity index (χ2n) is 9.56. The largest absolute Gasteiger partial charge is 0.460 e. The molecular weight excluding hydrogens is 443 g/mol. The Bertz CT molecular complexity index is 1080. The maximum atomic E-state index is 15.4. The van der Waals surface area contributed by atoms with Crippen molar-refractivity contribution in [1.29, 1.82) is 0 Å². The maximum Gasteiger partial charge on any atom is 0.306 e. The maximum absolute atomic E-state index is 15.4. The summed E-state index contributed by atoms with van der Waals surface area (Å²) in [6, 6.07) is 29.8. The molecule has 1 heterocycles. The molecule has 1 fully saturated rings. The molecule has 34 heavy (non-hydrogen) atoms. The first-order chi connectivity index (χ1) is 16.3. The minimum atomic E-state index is -3.21. The Morgan fingerprint density at radius 1 is 0.824 bits per heavy atom. The number of nitrogens with zero attached hydrogens (tertiary/aromatic N) is 2. The number of rotatable bonds is 7. The van der Waals surface area contributed by atoms with Crippen molar-refractivity contribution in [2.75, 3.05) is 22.4 Å². The molecular formula is C28H33N2O3P. The molecule has 1 saturated heterocycles. The fourth-order valence-corrected chi connectivity index (χ4v) is 8.22. The third-order valence-corrected chi connectivity index (χ3v) is 9.57. The molecule has 0 aliphatic carbocycles. The van der Waals surface area contributed by atoms with Crippen molar-refractivity contribution in [2.45, 2.75) is 44.9 Å². The Hall–Kier alpha value is -3.04. The summed E-state index contributed by atoms with van der Waals surface area (Å²) in [7, 11) is -3.21. The molecule has 1 atom stereocenters. The minimum absolute atomic E-state index is 0.200. The molecule has 1 aliphatic rings. The van der Waals surface area contributed by atoms with Gasteiger partial charge in [-0.1, -0.05) is 66.7 Å². The van der Waals surface area contributed by atoms with Crippen LogP contribution in [0.1, 0.15) is 44.8 Å². The lowest BCUT2D eigenvalue weighted by Gasteiger charge is -2.38. The van der Waals surface area contributed by atoms with E-state index in [0.29, 0.717) is 19.5 Å². The highest BCUT2D eigenvalue weighted by Crippen LogP contribution is 2.70. The first-order valence-corrected chi connectivity index (χ1v) is 13.5. The molecule has 6 heteroatoms. The molecule has 0 spiro atoms. The molecule has 0 bridgehead atoms. The van der Waals surface area contributed by atoms with Crippen LogP contribution in [-0.4, -0.2) is 24.7 Å². The normalized spacial score (nSPS) is 16.3. The van der Waals surface area contributed by atoms with Crippen LogP contribution < -0.4 is 9.34 Å². The predicted molar refractivity (Wildman–Crippen MR) is 139 cm³/mol. The van der Waals surface area contributed by atoms with E-state index in [9.17, 15) is 4.79 Å². The summed E-state index contributed by atoms with van der Waals surface area (Å²) >= 11 is 0. The fraction of sp³-hybridized carbons (Fsp3) is 0.321. The number of hydrogen-bond donors (Lipinski definition) is 0. The number of carbonyl (C=O) groups excluding carboxylic acids is 1. The highest BCUT2D eigenvalue weighted by molar-refractivity contribution is 7.68. The number of hydrogen-bond acceptors (Lipinski definition) is 3. The fourth-order valence-electron chi connectivity index (χ4n) is 4.58. The zero-order valence-electron chi connectivity index (χ0n) is 20.1. The summed E-state index contributed by atoms with van der Waals surface area (Å²) in [5, 5.41) is 0. The van der Waals surface area contributed by atoms with E-state index in [-0.39, 0.29) is 18.0 Å². The molecule has 0 aromatic heterocycles. The Labute approximate surface area is 202 Å². The molecule has 5 nitrogen and oxygen atoms in total. The van der Waals surface area contributed by atoms with Gasteiger partial charge in [0.1, 0.15) is 5.60 Å². The van der Waals surface area contributed by atoms with Crippen molar-refractivity contribution in [1.82, 2.24) is 0 Å². The molecule has 3 aromatic carbocycles. The third-order valence-electron chi connectivity index (χ3n) is 5.96. The molecule has 1 unspecified atom stereocenters. The van der Waals surface area contributed by atoms with Crippen LogP contribution in [0.15, 0.2) is 91.0 Å². The van der Waals surface area contributed by atoms with Crippen LogP contribution in [-0.2, 0) is 14.1 Å². The van der Waals surface area contributed by atoms with Gasteiger partial charge in [-0.25, -0.2) is 0 Å². The molecule has 0 amide bonds. The van der Waals surface area contributed by atoms with Gasteiger partial charge in [-0.05, 0) is 57.0 Å². The number of anilines is 2. The summed E-state index contributed by atoms with van der Waals surface area (Å²) in [5.74, 6) is -0.267. The predicted octanol–water partition coefficient (Wildman–Crippen LogP) is 7.07. The lowest BCUT2D eigenvalue weighted by atomic mass is 10.1. The molecule has 4 rings (SSSR count). The highest BCUT2D eigenvalue weighted by atomic mass is 31.2. The van der Waals surface area contributed by atoms with Gasteiger partial charge in [0, 0.05) is 30.9 Å². The number of carbonyl (C=O) groups is 1. The van der Waals surface area contributed by atoms with E-state index >= 15 is 4.57 Å². The van der Waals surface area contributed by atoms with Crippen molar-refractivity contribution in [2.24, 2.45) is 0 Å². The van der Waals surface area contributed by atoms with Crippen LogP contribution in [0, 0.1) is 0 Å². The van der Waals surface area contributed by atoms with Gasteiger partial charge in [0.15, 0.2) is 0 Å². The van der Waals surface area contributed by atoms with Crippen molar-refractivity contribution in [3.05, 3.63) is 96.6 Å². The van der Waals surface area contributed by atoms with Crippen molar-refractivity contribution < 1.29 is 14.1 Å². The Morgan fingerprint density at radius 2 is 1.26 bits per heavy atom. The summed E-state index contributed by atoms with van der Waals surface area (Å²) in [5.41, 5.74) is 1.93. The van der Waals surface area contributed by atoms with E-state index in [0.717, 1.165) is 16.9 Å². The third kappa shape index (κ3) is 5.20. The number of benzene rings is 3. The van der Waals surface area contributed by atoms with Gasteiger partial charge in [-0.3, -0.25) is 9.36 Å². The van der Waals surface area contributed by atoms with E-state index in [1.54, 1.807) is 0 Å². The highest BCUT2D eigenvalue weighted by Gasteiger charge is 2.49. The first-order valence-electron chi connectivity index (χ1n) is 11.8. The molecule has 0 N–H and O–H groups in total. The van der Waals surface area contributed by atoms with Crippen LogP contribution in [0.2, 0.25) is 0 Å². The summed E-state index contributed by atoms with van der Waals surface area (Å²) < 4.78 is 25.1. The summed E-state index contributed by atoms with van der Waals surface area (Å²) in [6.45, 7) is 6.89. The molecule has 1 aliphatic heterocycles. The van der Waals surface area contributed by atoms with E-state index in [2.05, 4.69) is 9.34 Å². The van der Waals surface area contributed by atoms with Crippen molar-refractivity contribution >= 4 is 24.8 Å². The van der Waals surface area contributed by atoms with Gasteiger partial charge in [0.2, 0.25) is 0 Å². The van der Waals surface area contributed by atoms with Crippen LogP contribution >= 0.6 is 7.44 Å². The van der Waals surface area contributed by atoms with Crippen molar-refractivity contribution in [3.63, 3.8) is 0 Å². The Morgan fingerprint density at radius 3 is 1.71 bits per heavy atom. The van der Waals surface area contributed by atoms with E-state index < -0.39 is 13.0 Å². The van der Waals surface area contributed by atoms with E-state index in [1.807, 2.05) is 112 Å². The number of esters is 1. The van der Waals surface area contributed by atoms with Crippen LogP contribution in [0.4, 0.5) is 11.4 Å².